The van der Waals surface area contributed by atoms with Crippen molar-refractivity contribution >= 4 is 62.4 Å². The third-order valence-electron chi connectivity index (χ3n) is 14.5. The number of fused-ring (bicyclic) bond motifs is 2. The molecule has 456 valence electrons. The highest BCUT2D eigenvalue weighted by atomic mass is 32.2. The average Bonchev–Trinajstić information content (AvgIpc) is 2.97. The van der Waals surface area contributed by atoms with Crippen LogP contribution in [0.1, 0.15) is 94.0 Å². The number of Topliss-reactive ketones (excluding diaryl/α,β-unsaturated/α-hetero) is 1. The molecular weight excluding hydrogens is 1130 g/mol. The van der Waals surface area contributed by atoms with E-state index in [0.717, 1.165) is 29.4 Å². The second-order valence-corrected chi connectivity index (χ2v) is 22.1. The lowest BCUT2D eigenvalue weighted by atomic mass is 9.89. The summed E-state index contributed by atoms with van der Waals surface area (Å²) in [6.45, 7) is 3.51. The summed E-state index contributed by atoms with van der Waals surface area (Å²) in [6, 6.07) is 15.5. The molecule has 0 aliphatic heterocycles. The second-order valence-electron chi connectivity index (χ2n) is 20.8. The molecule has 0 unspecified atom stereocenters. The standard InChI is InChI=1S/C56H68F5N9O13S/c1-32(2)51(68-44(73)16-20-79-22-24-81-25-23-80-21-17-45(74)83-52-49(60)47(58)46(57)48(59)50(52)61)43(72)27-35(7-5-18-64-56(62)76)54(75)66-37-12-9-33(10-13-37)29-69-31-65-53(67-41-14-11-34-6-3-4-8-39(34)41)40-15-19-70(55(40)69)38-26-36(42(71)28-38)30-82-84(63,77)78/h3-4,6,8-10,12-13,15,19,31-32,35-36,38,41-42,51,71H,5,7,11,14,16-18,20-30H2,1-2H3,(H7,62,63,64,66,68,73,75,76,77,78)/p+1/t35-,36-,38+,41-,42-,51+/m1/s1. The van der Waals surface area contributed by atoms with Gasteiger partial charge in [-0.2, -0.15) is 17.2 Å². The van der Waals surface area contributed by atoms with Crippen molar-refractivity contribution < 1.29 is 87.1 Å². The number of carbonyl (C=O) groups excluding carboxylic acids is 5. The van der Waals surface area contributed by atoms with Gasteiger partial charge in [-0.3, -0.25) is 27.9 Å². The summed E-state index contributed by atoms with van der Waals surface area (Å²) in [4.78, 5) is 69.1. The van der Waals surface area contributed by atoms with Gasteiger partial charge in [0.15, 0.2) is 5.78 Å². The Morgan fingerprint density at radius 3 is 2.18 bits per heavy atom. The number of hydrogen-bond acceptors (Lipinski definition) is 15. The number of aryl methyl sites for hydroxylation is 1. The number of esters is 1. The number of nitrogens with zero attached hydrogens (tertiary/aromatic N) is 3. The Labute approximate surface area is 481 Å². The number of ketones is 1. The van der Waals surface area contributed by atoms with Gasteiger partial charge in [0, 0.05) is 43.3 Å². The number of halogens is 5. The highest BCUT2D eigenvalue weighted by Crippen LogP contribution is 2.39. The maximum atomic E-state index is 14.0. The first-order chi connectivity index (χ1) is 40.1. The second kappa shape index (κ2) is 30.0. The maximum absolute atomic E-state index is 14.0. The van der Waals surface area contributed by atoms with Crippen LogP contribution in [0.25, 0.3) is 11.0 Å². The summed E-state index contributed by atoms with van der Waals surface area (Å²) in [5.41, 5.74) is 9.86. The first-order valence-corrected chi connectivity index (χ1v) is 28.8. The van der Waals surface area contributed by atoms with Crippen molar-refractivity contribution in [2.75, 3.05) is 63.4 Å². The molecule has 7 rings (SSSR count). The Hall–Kier alpha value is -7.21. The lowest BCUT2D eigenvalue weighted by Crippen LogP contribution is -2.45. The Morgan fingerprint density at radius 2 is 1.51 bits per heavy atom. The van der Waals surface area contributed by atoms with Crippen LogP contribution < -0.4 is 41.4 Å². The van der Waals surface area contributed by atoms with E-state index in [-0.39, 0.29) is 95.8 Å². The number of ether oxygens (including phenoxy) is 4. The minimum Gasteiger partial charge on any atom is -0.420 e. The topological polar surface area (TPSA) is 308 Å². The van der Waals surface area contributed by atoms with Crippen LogP contribution in [0.2, 0.25) is 0 Å². The molecule has 84 heavy (non-hydrogen) atoms. The summed E-state index contributed by atoms with van der Waals surface area (Å²) in [5.74, 6) is -16.9. The first kappa shape index (κ1) is 64.4. The Balaban J connectivity index is 0.901. The van der Waals surface area contributed by atoms with Crippen molar-refractivity contribution in [1.29, 1.82) is 0 Å². The smallest absolute Gasteiger partial charge is 0.333 e. The van der Waals surface area contributed by atoms with Crippen LogP contribution in [0, 0.1) is 46.8 Å². The van der Waals surface area contributed by atoms with E-state index in [4.69, 9.17) is 34.3 Å². The fourth-order valence-electron chi connectivity index (χ4n) is 10.2. The van der Waals surface area contributed by atoms with E-state index in [1.54, 1.807) is 32.3 Å². The van der Waals surface area contributed by atoms with E-state index in [0.29, 0.717) is 37.3 Å². The summed E-state index contributed by atoms with van der Waals surface area (Å²) in [5, 5.41) is 28.8. The number of nitrogens with one attached hydrogen (secondary N) is 4. The SMILES string of the molecule is CC(C)[C@H](NC(=O)CCOCCOCCOCCC(=O)Oc1c(F)c(F)c(F)c(F)c1F)C(=O)C[C@@H](CCCNC(N)=O)C(=O)Nc1ccc(C[n+]2cnc(N[C@@H]3CCc4ccccc43)c3ccn([C@H]4C[C@H](COS(N)(=O)=O)[C@H](O)C4)c32)cc1. The van der Waals surface area contributed by atoms with E-state index >= 15 is 0 Å². The molecule has 2 aliphatic rings. The van der Waals surface area contributed by atoms with Crippen LogP contribution in [0.5, 0.6) is 5.75 Å². The first-order valence-electron chi connectivity index (χ1n) is 27.4. The van der Waals surface area contributed by atoms with Gasteiger partial charge in [-0.25, -0.2) is 27.7 Å². The van der Waals surface area contributed by atoms with Crippen molar-refractivity contribution in [3.05, 3.63) is 113 Å². The zero-order valence-electron chi connectivity index (χ0n) is 46.3. The van der Waals surface area contributed by atoms with E-state index in [1.165, 1.54) is 11.1 Å². The number of primary amides is 1. The van der Waals surface area contributed by atoms with Gasteiger partial charge in [-0.05, 0) is 72.9 Å². The number of urea groups is 1. The Kier molecular flexibility index (Phi) is 23.0. The molecule has 9 N–H and O–H groups in total. The van der Waals surface area contributed by atoms with E-state index in [1.807, 2.05) is 41.1 Å². The van der Waals surface area contributed by atoms with Gasteiger partial charge < -0.3 is 51.1 Å². The zero-order chi connectivity index (χ0) is 60.7. The fraction of sp³-hybridized carbons (Fsp3) is 0.482. The molecule has 2 heterocycles. The van der Waals surface area contributed by atoms with E-state index in [9.17, 15) is 59.4 Å². The number of rotatable bonds is 32. The number of benzene rings is 3. The van der Waals surface area contributed by atoms with Gasteiger partial charge in [-0.1, -0.05) is 55.2 Å². The number of aromatic nitrogens is 3. The number of hydrogen-bond donors (Lipinski definition) is 7. The molecule has 0 saturated heterocycles. The third kappa shape index (κ3) is 17.7. The van der Waals surface area contributed by atoms with Crippen molar-refractivity contribution in [1.82, 2.24) is 20.2 Å². The minimum atomic E-state index is -4.21. The number of carbonyl (C=O) groups is 5. The molecule has 0 radical (unpaired) electrons. The Morgan fingerprint density at radius 1 is 0.857 bits per heavy atom. The number of anilines is 2. The summed E-state index contributed by atoms with van der Waals surface area (Å²) in [7, 11) is -4.21. The molecule has 1 fully saturated rings. The van der Waals surface area contributed by atoms with Gasteiger partial charge >= 0.3 is 22.3 Å². The maximum Gasteiger partial charge on any atom is 0.333 e. The lowest BCUT2D eigenvalue weighted by Gasteiger charge is -2.24. The van der Waals surface area contributed by atoms with Crippen LogP contribution in [0.15, 0.2) is 67.1 Å². The van der Waals surface area contributed by atoms with Crippen molar-refractivity contribution in [2.24, 2.45) is 28.6 Å². The third-order valence-corrected chi connectivity index (χ3v) is 14.9. The lowest BCUT2D eigenvalue weighted by molar-refractivity contribution is -0.668. The molecule has 5 aromatic rings. The summed E-state index contributed by atoms with van der Waals surface area (Å²) < 4.78 is 120. The molecule has 1 saturated carbocycles. The summed E-state index contributed by atoms with van der Waals surface area (Å²) in [6.07, 6.45) is 5.01. The number of aliphatic hydroxyl groups excluding tert-OH is 1. The monoisotopic (exact) mass is 1200 g/mol. The zero-order valence-corrected chi connectivity index (χ0v) is 47.1. The van der Waals surface area contributed by atoms with Gasteiger partial charge in [0.25, 0.3) is 0 Å². The van der Waals surface area contributed by atoms with Crippen LogP contribution in [0.4, 0.5) is 38.3 Å². The van der Waals surface area contributed by atoms with Gasteiger partial charge in [0.2, 0.25) is 64.4 Å². The van der Waals surface area contributed by atoms with Crippen molar-refractivity contribution in [3.8, 4) is 5.75 Å². The van der Waals surface area contributed by atoms with E-state index in [2.05, 4.69) is 42.7 Å². The molecule has 28 heteroatoms. The largest absolute Gasteiger partial charge is 0.420 e. The molecule has 0 spiro atoms. The normalized spacial score (nSPS) is 17.5. The fourth-order valence-corrected chi connectivity index (χ4v) is 10.6. The average molecular weight is 1200 g/mol. The summed E-state index contributed by atoms with van der Waals surface area (Å²) >= 11 is 0. The van der Waals surface area contributed by atoms with Crippen LogP contribution in [0.3, 0.4) is 0 Å². The van der Waals surface area contributed by atoms with Crippen molar-refractivity contribution in [2.45, 2.75) is 102 Å². The van der Waals surface area contributed by atoms with Crippen LogP contribution in [-0.2, 0) is 60.8 Å². The molecule has 4 amide bonds. The predicted molar refractivity (Wildman–Crippen MR) is 292 cm³/mol. The number of aliphatic hydroxyl groups is 1. The van der Waals surface area contributed by atoms with Gasteiger partial charge in [0.1, 0.15) is 5.39 Å². The quantitative estimate of drug-likeness (QED) is 0.00551. The Bertz CT molecular complexity index is 3220. The van der Waals surface area contributed by atoms with Gasteiger partial charge in [-0.15, -0.1) is 0 Å². The highest BCUT2D eigenvalue weighted by Gasteiger charge is 2.39. The number of nitrogens with two attached hydrogens (primary N) is 2. The molecule has 22 nitrogen and oxygen atoms in total. The number of amides is 4. The molecule has 6 atom stereocenters. The van der Waals surface area contributed by atoms with Crippen molar-refractivity contribution in [3.63, 3.8) is 0 Å². The van der Waals surface area contributed by atoms with E-state index < -0.39 is 99.4 Å². The van der Waals surface area contributed by atoms with Crippen LogP contribution >= 0.6 is 0 Å². The van der Waals surface area contributed by atoms with Gasteiger partial charge in [0.05, 0.1) is 89.6 Å². The molecule has 0 bridgehead atoms. The van der Waals surface area contributed by atoms with Crippen LogP contribution in [-0.4, -0.2) is 118 Å². The molecule has 2 aliphatic carbocycles. The minimum absolute atomic E-state index is 0.0222. The highest BCUT2D eigenvalue weighted by molar-refractivity contribution is 7.84. The molecular formula is C56H69F5N9O13S+. The predicted octanol–water partition coefficient (Wildman–Crippen LogP) is 5.24. The molecule has 3 aromatic carbocycles. The molecule has 2 aromatic heterocycles.